The number of rotatable bonds is 1. The molecular weight excluding hydrogens is 360 g/mol. The Morgan fingerprint density at radius 1 is 1.22 bits per heavy atom. The van der Waals surface area contributed by atoms with Gasteiger partial charge in [-0.2, -0.15) is 0 Å². The van der Waals surface area contributed by atoms with Crippen molar-refractivity contribution in [3.05, 3.63) is 16.9 Å². The molecule has 126 valence electrons. The molecule has 0 atom stereocenters. The van der Waals surface area contributed by atoms with Crippen molar-refractivity contribution in [2.24, 2.45) is 5.41 Å². The molecule has 0 saturated carbocycles. The molecule has 2 aliphatic heterocycles. The fourth-order valence-electron chi connectivity index (χ4n) is 3.19. The quantitative estimate of drug-likeness (QED) is 0.746. The Morgan fingerprint density at radius 2 is 1.78 bits per heavy atom. The molecule has 3 rings (SSSR count). The Kier molecular flexibility index (Phi) is 4.25. The van der Waals surface area contributed by atoms with Gasteiger partial charge in [0.1, 0.15) is 5.60 Å². The van der Waals surface area contributed by atoms with Crippen LogP contribution in [-0.4, -0.2) is 52.7 Å². The average Bonchev–Trinajstić information content (AvgIpc) is 2.44. The lowest BCUT2D eigenvalue weighted by Gasteiger charge is -2.53. The van der Waals surface area contributed by atoms with Crippen LogP contribution in [0.25, 0.3) is 0 Å². The Bertz CT molecular complexity index is 569. The lowest BCUT2D eigenvalue weighted by molar-refractivity contribution is -0.0435. The van der Waals surface area contributed by atoms with E-state index in [-0.39, 0.29) is 11.5 Å². The maximum Gasteiger partial charge on any atom is 0.410 e. The first-order valence-corrected chi connectivity index (χ1v) is 8.76. The first-order valence-electron chi connectivity index (χ1n) is 7.97. The summed E-state index contributed by atoms with van der Waals surface area (Å²) < 4.78 is 6.32. The molecule has 7 heteroatoms. The summed E-state index contributed by atoms with van der Waals surface area (Å²) in [7, 11) is 0. The number of anilines is 1. The van der Waals surface area contributed by atoms with Crippen molar-refractivity contribution in [2.45, 2.75) is 39.2 Å². The van der Waals surface area contributed by atoms with Crippen molar-refractivity contribution < 1.29 is 9.53 Å². The van der Waals surface area contributed by atoms with Gasteiger partial charge in [0.05, 0.1) is 4.47 Å². The number of nitrogens with zero attached hydrogens (tertiary/aromatic N) is 4. The van der Waals surface area contributed by atoms with Gasteiger partial charge >= 0.3 is 6.09 Å². The fourth-order valence-corrected chi connectivity index (χ4v) is 3.39. The molecule has 0 unspecified atom stereocenters. The van der Waals surface area contributed by atoms with Crippen LogP contribution in [-0.2, 0) is 4.74 Å². The standard InChI is InChI=1S/C16H23BrN4O2/c1-15(2,3)23-14(22)21-10-16(11-21)4-6-20(7-5-16)13-18-8-12(17)9-19-13/h8-9H,4-7,10-11H2,1-3H3. The number of carbonyl (C=O) groups is 1. The number of halogens is 1. The van der Waals surface area contributed by atoms with Gasteiger partial charge < -0.3 is 14.5 Å². The molecule has 0 radical (unpaired) electrons. The summed E-state index contributed by atoms with van der Waals surface area (Å²) >= 11 is 3.36. The monoisotopic (exact) mass is 382 g/mol. The predicted octanol–water partition coefficient (Wildman–Crippen LogP) is 3.08. The molecule has 1 amide bonds. The highest BCUT2D eigenvalue weighted by Gasteiger charge is 2.48. The van der Waals surface area contributed by atoms with Crippen LogP contribution in [0.1, 0.15) is 33.6 Å². The molecule has 0 aromatic carbocycles. The molecule has 0 N–H and O–H groups in total. The van der Waals surface area contributed by atoms with E-state index in [9.17, 15) is 4.79 Å². The van der Waals surface area contributed by atoms with Crippen molar-refractivity contribution in [1.29, 1.82) is 0 Å². The lowest BCUT2D eigenvalue weighted by Crippen LogP contribution is -2.62. The minimum Gasteiger partial charge on any atom is -0.444 e. The largest absolute Gasteiger partial charge is 0.444 e. The van der Waals surface area contributed by atoms with Gasteiger partial charge in [0.2, 0.25) is 5.95 Å². The van der Waals surface area contributed by atoms with Crippen LogP contribution in [0, 0.1) is 5.41 Å². The van der Waals surface area contributed by atoms with E-state index in [0.717, 1.165) is 49.4 Å². The maximum atomic E-state index is 12.1. The van der Waals surface area contributed by atoms with Gasteiger partial charge in [0, 0.05) is 44.0 Å². The second-order valence-corrected chi connectivity index (χ2v) is 8.44. The van der Waals surface area contributed by atoms with Gasteiger partial charge in [0.15, 0.2) is 0 Å². The summed E-state index contributed by atoms with van der Waals surface area (Å²) in [4.78, 5) is 24.8. The van der Waals surface area contributed by atoms with E-state index in [4.69, 9.17) is 4.74 Å². The summed E-state index contributed by atoms with van der Waals surface area (Å²) in [6, 6.07) is 0. The van der Waals surface area contributed by atoms with Crippen molar-refractivity contribution in [1.82, 2.24) is 14.9 Å². The number of hydrogen-bond donors (Lipinski definition) is 0. The zero-order valence-electron chi connectivity index (χ0n) is 13.9. The van der Waals surface area contributed by atoms with E-state index >= 15 is 0 Å². The van der Waals surface area contributed by atoms with E-state index in [1.165, 1.54) is 0 Å². The first kappa shape index (κ1) is 16.5. The zero-order chi connectivity index (χ0) is 16.7. The maximum absolute atomic E-state index is 12.1. The molecule has 0 aliphatic carbocycles. The normalized spacial score (nSPS) is 20.3. The number of aromatic nitrogens is 2. The van der Waals surface area contributed by atoms with Crippen LogP contribution in [0.5, 0.6) is 0 Å². The van der Waals surface area contributed by atoms with Crippen LogP contribution in [0.15, 0.2) is 16.9 Å². The second-order valence-electron chi connectivity index (χ2n) is 7.52. The molecule has 1 aromatic rings. The second kappa shape index (κ2) is 5.92. The van der Waals surface area contributed by atoms with Gasteiger partial charge in [0.25, 0.3) is 0 Å². The minimum absolute atomic E-state index is 0.193. The predicted molar refractivity (Wildman–Crippen MR) is 91.4 cm³/mol. The number of carbonyl (C=O) groups excluding carboxylic acids is 1. The van der Waals surface area contributed by atoms with Crippen LogP contribution in [0.4, 0.5) is 10.7 Å². The number of piperidine rings is 1. The molecule has 23 heavy (non-hydrogen) atoms. The Balaban J connectivity index is 1.51. The smallest absolute Gasteiger partial charge is 0.410 e. The van der Waals surface area contributed by atoms with E-state index < -0.39 is 5.60 Å². The molecule has 2 fully saturated rings. The summed E-state index contributed by atoms with van der Waals surface area (Å²) in [5.74, 6) is 0.784. The van der Waals surface area contributed by atoms with E-state index in [0.29, 0.717) is 0 Å². The van der Waals surface area contributed by atoms with Gasteiger partial charge in [-0.3, -0.25) is 0 Å². The molecule has 1 spiro atoms. The number of ether oxygens (including phenoxy) is 1. The molecule has 2 saturated heterocycles. The third-order valence-electron chi connectivity index (χ3n) is 4.42. The number of likely N-dealkylation sites (tertiary alicyclic amines) is 1. The van der Waals surface area contributed by atoms with Crippen molar-refractivity contribution in [3.63, 3.8) is 0 Å². The van der Waals surface area contributed by atoms with Crippen LogP contribution in [0.3, 0.4) is 0 Å². The first-order chi connectivity index (χ1) is 10.8. The van der Waals surface area contributed by atoms with Gasteiger partial charge in [-0.1, -0.05) is 0 Å². The molecule has 1 aromatic heterocycles. The molecular formula is C16H23BrN4O2. The highest BCUT2D eigenvalue weighted by Crippen LogP contribution is 2.41. The zero-order valence-corrected chi connectivity index (χ0v) is 15.5. The molecule has 6 nitrogen and oxygen atoms in total. The topological polar surface area (TPSA) is 58.6 Å². The summed E-state index contributed by atoms with van der Waals surface area (Å²) in [6.45, 7) is 9.17. The van der Waals surface area contributed by atoms with E-state index in [1.54, 1.807) is 12.4 Å². The van der Waals surface area contributed by atoms with Crippen LogP contribution < -0.4 is 4.90 Å². The summed E-state index contributed by atoms with van der Waals surface area (Å²) in [5, 5.41) is 0. The highest BCUT2D eigenvalue weighted by atomic mass is 79.9. The number of hydrogen-bond acceptors (Lipinski definition) is 5. The summed E-state index contributed by atoms with van der Waals surface area (Å²) in [6.07, 6.45) is 5.49. The van der Waals surface area contributed by atoms with Crippen LogP contribution in [0.2, 0.25) is 0 Å². The Morgan fingerprint density at radius 3 is 2.30 bits per heavy atom. The molecule has 3 heterocycles. The van der Waals surface area contributed by atoms with Crippen LogP contribution >= 0.6 is 15.9 Å². The van der Waals surface area contributed by atoms with Gasteiger partial charge in [-0.05, 0) is 49.5 Å². The van der Waals surface area contributed by atoms with Crippen molar-refractivity contribution >= 4 is 28.0 Å². The Labute approximate surface area is 145 Å². The lowest BCUT2D eigenvalue weighted by atomic mass is 9.72. The fraction of sp³-hybridized carbons (Fsp3) is 0.688. The number of amides is 1. The van der Waals surface area contributed by atoms with Gasteiger partial charge in [-0.15, -0.1) is 0 Å². The highest BCUT2D eigenvalue weighted by molar-refractivity contribution is 9.10. The molecule has 2 aliphatic rings. The van der Waals surface area contributed by atoms with E-state index in [1.807, 2.05) is 25.7 Å². The van der Waals surface area contributed by atoms with Crippen molar-refractivity contribution in [3.8, 4) is 0 Å². The third kappa shape index (κ3) is 3.76. The average molecular weight is 383 g/mol. The molecule has 0 bridgehead atoms. The minimum atomic E-state index is -0.428. The van der Waals surface area contributed by atoms with Gasteiger partial charge in [-0.25, -0.2) is 14.8 Å². The van der Waals surface area contributed by atoms with Crippen molar-refractivity contribution in [2.75, 3.05) is 31.1 Å². The SMILES string of the molecule is CC(C)(C)OC(=O)N1CC2(CCN(c3ncc(Br)cn3)CC2)C1. The third-order valence-corrected chi connectivity index (χ3v) is 4.83. The Hall–Kier alpha value is -1.37. The van der Waals surface area contributed by atoms with E-state index in [2.05, 4.69) is 30.8 Å². The summed E-state index contributed by atoms with van der Waals surface area (Å²) in [5.41, 5.74) is -0.176.